The lowest BCUT2D eigenvalue weighted by atomic mass is 10.2. The molecular formula is C20H26N6O. The highest BCUT2D eigenvalue weighted by atomic mass is 16.2. The van der Waals surface area contributed by atoms with E-state index < -0.39 is 0 Å². The molecule has 0 aliphatic carbocycles. The highest BCUT2D eigenvalue weighted by Crippen LogP contribution is 2.29. The van der Waals surface area contributed by atoms with Crippen LogP contribution in [0.25, 0.3) is 22.4 Å². The molecule has 7 nitrogen and oxygen atoms in total. The molecule has 0 radical (unpaired) electrons. The molecule has 142 valence electrons. The van der Waals surface area contributed by atoms with Gasteiger partial charge < -0.3 is 20.9 Å². The van der Waals surface area contributed by atoms with Crippen molar-refractivity contribution >= 4 is 22.9 Å². The van der Waals surface area contributed by atoms with Crippen molar-refractivity contribution in [3.05, 3.63) is 41.6 Å². The standard InChI is InChI=1S/C20H26N6O/c1-13-14(2)24-19-16(13)18(22-11-7-8-12-23-20(27)21-3)25-17(26-19)15-9-5-4-6-10-15/h4-6,9-10H,7-8,11-12H2,1-3H3,(H2,21,23,27)(H2,22,24,25,26). The quantitative estimate of drug-likeness (QED) is 0.482. The van der Waals surface area contributed by atoms with E-state index in [2.05, 4.69) is 27.9 Å². The maximum atomic E-state index is 11.2. The number of nitrogens with zero attached hydrogens (tertiary/aromatic N) is 2. The Bertz CT molecular complexity index is 919. The molecule has 0 atom stereocenters. The third-order valence-electron chi connectivity index (χ3n) is 4.59. The molecule has 0 saturated heterocycles. The summed E-state index contributed by atoms with van der Waals surface area (Å²) in [6, 6.07) is 9.83. The van der Waals surface area contributed by atoms with E-state index in [1.807, 2.05) is 37.3 Å². The van der Waals surface area contributed by atoms with E-state index in [0.717, 1.165) is 53.1 Å². The first-order chi connectivity index (χ1) is 13.1. The number of carbonyl (C=O) groups excluding carboxylic acids is 1. The van der Waals surface area contributed by atoms with E-state index in [4.69, 9.17) is 9.97 Å². The van der Waals surface area contributed by atoms with Crippen LogP contribution >= 0.6 is 0 Å². The van der Waals surface area contributed by atoms with Crippen LogP contribution in [-0.2, 0) is 0 Å². The minimum atomic E-state index is -0.147. The molecule has 2 aromatic heterocycles. The molecule has 0 spiro atoms. The number of aromatic amines is 1. The first-order valence-corrected chi connectivity index (χ1v) is 9.22. The average Bonchev–Trinajstić information content (AvgIpc) is 2.98. The summed E-state index contributed by atoms with van der Waals surface area (Å²) in [7, 11) is 1.61. The fourth-order valence-corrected chi connectivity index (χ4v) is 2.96. The predicted octanol–water partition coefficient (Wildman–Crippen LogP) is 3.36. The lowest BCUT2D eigenvalue weighted by Gasteiger charge is -2.10. The van der Waals surface area contributed by atoms with E-state index in [9.17, 15) is 4.79 Å². The summed E-state index contributed by atoms with van der Waals surface area (Å²) in [6.07, 6.45) is 1.82. The van der Waals surface area contributed by atoms with E-state index >= 15 is 0 Å². The van der Waals surface area contributed by atoms with Crippen molar-refractivity contribution in [1.29, 1.82) is 0 Å². The van der Waals surface area contributed by atoms with Gasteiger partial charge in [-0.15, -0.1) is 0 Å². The number of aryl methyl sites for hydroxylation is 2. The van der Waals surface area contributed by atoms with Crippen molar-refractivity contribution in [2.75, 3.05) is 25.5 Å². The number of benzene rings is 1. The lowest BCUT2D eigenvalue weighted by molar-refractivity contribution is 0.242. The van der Waals surface area contributed by atoms with Crippen molar-refractivity contribution < 1.29 is 4.79 Å². The second kappa shape index (κ2) is 8.53. The van der Waals surface area contributed by atoms with Gasteiger partial charge in [-0.1, -0.05) is 30.3 Å². The van der Waals surface area contributed by atoms with Gasteiger partial charge in [-0.3, -0.25) is 0 Å². The summed E-state index contributed by atoms with van der Waals surface area (Å²) in [6.45, 7) is 5.56. The zero-order chi connectivity index (χ0) is 19.2. The third-order valence-corrected chi connectivity index (χ3v) is 4.59. The van der Waals surface area contributed by atoms with Gasteiger partial charge in [-0.05, 0) is 32.3 Å². The molecule has 7 heteroatoms. The molecule has 3 aromatic rings. The van der Waals surface area contributed by atoms with Crippen LogP contribution in [0.1, 0.15) is 24.1 Å². The molecule has 0 unspecified atom stereocenters. The molecule has 27 heavy (non-hydrogen) atoms. The molecule has 0 fully saturated rings. The smallest absolute Gasteiger partial charge is 0.314 e. The number of aromatic nitrogens is 3. The Kier molecular flexibility index (Phi) is 5.90. The van der Waals surface area contributed by atoms with Gasteiger partial charge in [-0.2, -0.15) is 0 Å². The number of anilines is 1. The summed E-state index contributed by atoms with van der Waals surface area (Å²) >= 11 is 0. The maximum absolute atomic E-state index is 11.2. The number of unbranched alkanes of at least 4 members (excludes halogenated alkanes) is 1. The Morgan fingerprint density at radius 2 is 1.81 bits per heavy atom. The van der Waals surface area contributed by atoms with Crippen LogP contribution in [0.2, 0.25) is 0 Å². The molecule has 2 amide bonds. The minimum absolute atomic E-state index is 0.147. The van der Waals surface area contributed by atoms with Crippen LogP contribution in [-0.4, -0.2) is 41.1 Å². The summed E-state index contributed by atoms with van der Waals surface area (Å²) in [5.41, 5.74) is 4.10. The number of H-pyrrole nitrogens is 1. The van der Waals surface area contributed by atoms with Crippen molar-refractivity contribution in [1.82, 2.24) is 25.6 Å². The molecule has 3 rings (SSSR count). The number of rotatable bonds is 7. The Balaban J connectivity index is 1.75. The zero-order valence-electron chi connectivity index (χ0n) is 16.0. The van der Waals surface area contributed by atoms with Crippen LogP contribution in [0.4, 0.5) is 10.6 Å². The second-order valence-corrected chi connectivity index (χ2v) is 6.50. The van der Waals surface area contributed by atoms with Gasteiger partial charge in [0.1, 0.15) is 11.5 Å². The topological polar surface area (TPSA) is 94.7 Å². The Morgan fingerprint density at radius 3 is 2.56 bits per heavy atom. The molecular weight excluding hydrogens is 340 g/mol. The van der Waals surface area contributed by atoms with Crippen LogP contribution in [0.5, 0.6) is 0 Å². The van der Waals surface area contributed by atoms with Gasteiger partial charge in [-0.25, -0.2) is 14.8 Å². The number of nitrogens with one attached hydrogen (secondary N) is 4. The summed E-state index contributed by atoms with van der Waals surface area (Å²) < 4.78 is 0. The van der Waals surface area contributed by atoms with Gasteiger partial charge in [0, 0.05) is 31.4 Å². The van der Waals surface area contributed by atoms with Gasteiger partial charge in [0.25, 0.3) is 0 Å². The normalized spacial score (nSPS) is 10.8. The van der Waals surface area contributed by atoms with E-state index in [-0.39, 0.29) is 6.03 Å². The van der Waals surface area contributed by atoms with Crippen molar-refractivity contribution in [2.24, 2.45) is 0 Å². The van der Waals surface area contributed by atoms with Crippen molar-refractivity contribution in [3.8, 4) is 11.4 Å². The van der Waals surface area contributed by atoms with Gasteiger partial charge in [0.2, 0.25) is 0 Å². The number of fused-ring (bicyclic) bond motifs is 1. The monoisotopic (exact) mass is 366 g/mol. The Morgan fingerprint density at radius 1 is 1.07 bits per heavy atom. The van der Waals surface area contributed by atoms with Crippen LogP contribution in [0.15, 0.2) is 30.3 Å². The molecule has 0 aliphatic heterocycles. The first-order valence-electron chi connectivity index (χ1n) is 9.22. The van der Waals surface area contributed by atoms with Crippen LogP contribution in [0.3, 0.4) is 0 Å². The van der Waals surface area contributed by atoms with E-state index in [1.165, 1.54) is 0 Å². The summed E-state index contributed by atoms with van der Waals surface area (Å²) in [4.78, 5) is 24.0. The van der Waals surface area contributed by atoms with Gasteiger partial charge >= 0.3 is 6.03 Å². The third kappa shape index (κ3) is 4.36. The summed E-state index contributed by atoms with van der Waals surface area (Å²) in [5.74, 6) is 1.55. The second-order valence-electron chi connectivity index (χ2n) is 6.50. The lowest BCUT2D eigenvalue weighted by Crippen LogP contribution is -2.33. The first kappa shape index (κ1) is 18.7. The predicted molar refractivity (Wildman–Crippen MR) is 109 cm³/mol. The molecule has 4 N–H and O–H groups in total. The number of amides is 2. The van der Waals surface area contributed by atoms with E-state index in [1.54, 1.807) is 7.05 Å². The minimum Gasteiger partial charge on any atom is -0.369 e. The highest BCUT2D eigenvalue weighted by Gasteiger charge is 2.14. The maximum Gasteiger partial charge on any atom is 0.314 e. The molecule has 1 aromatic carbocycles. The number of carbonyl (C=O) groups is 1. The number of hydrogen-bond acceptors (Lipinski definition) is 4. The average molecular weight is 366 g/mol. The van der Waals surface area contributed by atoms with Crippen molar-refractivity contribution in [2.45, 2.75) is 26.7 Å². The zero-order valence-corrected chi connectivity index (χ0v) is 16.0. The summed E-state index contributed by atoms with van der Waals surface area (Å²) in [5, 5.41) is 9.83. The fourth-order valence-electron chi connectivity index (χ4n) is 2.96. The molecule has 0 aliphatic rings. The van der Waals surface area contributed by atoms with Crippen LogP contribution < -0.4 is 16.0 Å². The largest absolute Gasteiger partial charge is 0.369 e. The number of hydrogen-bond donors (Lipinski definition) is 4. The van der Waals surface area contributed by atoms with Gasteiger partial charge in [0.05, 0.1) is 5.39 Å². The molecule has 2 heterocycles. The van der Waals surface area contributed by atoms with Crippen LogP contribution in [0, 0.1) is 13.8 Å². The van der Waals surface area contributed by atoms with Crippen molar-refractivity contribution in [3.63, 3.8) is 0 Å². The Hall–Kier alpha value is -3.09. The SMILES string of the molecule is CNC(=O)NCCCCNc1nc(-c2ccccc2)nc2[nH]c(C)c(C)c12. The fraction of sp³-hybridized carbons (Fsp3) is 0.350. The highest BCUT2D eigenvalue weighted by molar-refractivity contribution is 5.92. The Labute approximate surface area is 159 Å². The number of urea groups is 1. The molecule has 0 bridgehead atoms. The van der Waals surface area contributed by atoms with E-state index in [0.29, 0.717) is 12.4 Å². The van der Waals surface area contributed by atoms with Gasteiger partial charge in [0.15, 0.2) is 5.82 Å². The molecule has 0 saturated carbocycles.